The van der Waals surface area contributed by atoms with Gasteiger partial charge >= 0.3 is 5.97 Å². The number of esters is 1. The van der Waals surface area contributed by atoms with E-state index in [1.54, 1.807) is 0 Å². The molecule has 0 amide bonds. The first-order chi connectivity index (χ1) is 10.3. The summed E-state index contributed by atoms with van der Waals surface area (Å²) in [5, 5.41) is 3.63. The quantitative estimate of drug-likeness (QED) is 0.618. The van der Waals surface area contributed by atoms with Gasteiger partial charge in [0.05, 0.1) is 12.5 Å². The number of carbonyl (C=O) groups excluding carboxylic acids is 1. The van der Waals surface area contributed by atoms with Gasteiger partial charge in [-0.25, -0.2) is 0 Å². The third-order valence-electron chi connectivity index (χ3n) is 4.27. The number of aryl methyl sites for hydroxylation is 1. The van der Waals surface area contributed by atoms with Crippen LogP contribution in [0.5, 0.6) is 0 Å². The first-order valence-electron chi connectivity index (χ1n) is 8.23. The summed E-state index contributed by atoms with van der Waals surface area (Å²) in [6.07, 6.45) is 6.42. The first-order valence-corrected chi connectivity index (χ1v) is 8.23. The van der Waals surface area contributed by atoms with Crippen LogP contribution < -0.4 is 5.32 Å². The molecule has 1 aliphatic rings. The fourth-order valence-corrected chi connectivity index (χ4v) is 3.04. The van der Waals surface area contributed by atoms with E-state index in [0.717, 1.165) is 38.6 Å². The Morgan fingerprint density at radius 1 is 1.19 bits per heavy atom. The minimum Gasteiger partial charge on any atom is -0.466 e. The van der Waals surface area contributed by atoms with Crippen molar-refractivity contribution in [1.29, 1.82) is 0 Å². The van der Waals surface area contributed by atoms with Crippen molar-refractivity contribution in [1.82, 2.24) is 5.32 Å². The Balaban J connectivity index is 1.58. The van der Waals surface area contributed by atoms with Gasteiger partial charge < -0.3 is 10.1 Å². The summed E-state index contributed by atoms with van der Waals surface area (Å²) >= 11 is 0. The van der Waals surface area contributed by atoms with Crippen molar-refractivity contribution >= 4 is 5.97 Å². The van der Waals surface area contributed by atoms with Crippen LogP contribution in [0, 0.1) is 5.92 Å². The maximum absolute atomic E-state index is 11.7. The lowest BCUT2D eigenvalue weighted by molar-refractivity contribution is -0.149. The van der Waals surface area contributed by atoms with Crippen LogP contribution in [-0.2, 0) is 16.0 Å². The number of hydrogen-bond acceptors (Lipinski definition) is 3. The van der Waals surface area contributed by atoms with Crippen molar-refractivity contribution in [2.75, 3.05) is 13.2 Å². The molecule has 2 rings (SSSR count). The summed E-state index contributed by atoms with van der Waals surface area (Å²) < 4.78 is 5.10. The van der Waals surface area contributed by atoms with Crippen LogP contribution in [-0.4, -0.2) is 25.2 Å². The van der Waals surface area contributed by atoms with Crippen LogP contribution in [0.25, 0.3) is 0 Å². The number of carbonyl (C=O) groups is 1. The average molecular weight is 289 g/mol. The van der Waals surface area contributed by atoms with E-state index in [1.807, 2.05) is 6.92 Å². The third-order valence-corrected chi connectivity index (χ3v) is 4.27. The van der Waals surface area contributed by atoms with E-state index in [2.05, 4.69) is 35.6 Å². The highest BCUT2D eigenvalue weighted by molar-refractivity contribution is 5.72. The van der Waals surface area contributed by atoms with Gasteiger partial charge in [0.25, 0.3) is 0 Å². The highest BCUT2D eigenvalue weighted by atomic mass is 16.5. The molecule has 0 spiro atoms. The molecule has 3 nitrogen and oxygen atoms in total. The molecule has 0 aliphatic heterocycles. The molecule has 0 saturated heterocycles. The monoisotopic (exact) mass is 289 g/mol. The minimum absolute atomic E-state index is 0.0000256. The molecule has 1 aromatic carbocycles. The zero-order valence-electron chi connectivity index (χ0n) is 13.0. The largest absolute Gasteiger partial charge is 0.466 e. The number of hydrogen-bond donors (Lipinski definition) is 1. The molecule has 0 bridgehead atoms. The summed E-state index contributed by atoms with van der Waals surface area (Å²) in [6, 6.07) is 11.2. The van der Waals surface area contributed by atoms with Crippen molar-refractivity contribution in [2.24, 2.45) is 5.92 Å². The van der Waals surface area contributed by atoms with E-state index < -0.39 is 0 Å². The number of benzene rings is 1. The smallest absolute Gasteiger partial charge is 0.308 e. The summed E-state index contributed by atoms with van der Waals surface area (Å²) in [6.45, 7) is 3.43. The lowest BCUT2D eigenvalue weighted by atomic mass is 9.86. The van der Waals surface area contributed by atoms with E-state index in [4.69, 9.17) is 4.74 Å². The van der Waals surface area contributed by atoms with Crippen LogP contribution >= 0.6 is 0 Å². The van der Waals surface area contributed by atoms with E-state index in [0.29, 0.717) is 12.6 Å². The Morgan fingerprint density at radius 3 is 2.57 bits per heavy atom. The number of ether oxygens (including phenoxy) is 1. The fraction of sp³-hybridized carbons (Fsp3) is 0.611. The Morgan fingerprint density at radius 2 is 1.90 bits per heavy atom. The van der Waals surface area contributed by atoms with Crippen molar-refractivity contribution in [3.63, 3.8) is 0 Å². The Hall–Kier alpha value is -1.35. The second-order valence-electron chi connectivity index (χ2n) is 5.84. The first kappa shape index (κ1) is 16.0. The topological polar surface area (TPSA) is 38.3 Å². The zero-order chi connectivity index (χ0) is 14.9. The maximum Gasteiger partial charge on any atom is 0.308 e. The van der Waals surface area contributed by atoms with Gasteiger partial charge in [-0.2, -0.15) is 0 Å². The summed E-state index contributed by atoms with van der Waals surface area (Å²) in [7, 11) is 0. The van der Waals surface area contributed by atoms with Crippen LogP contribution in [0.4, 0.5) is 0 Å². The van der Waals surface area contributed by atoms with Crippen LogP contribution in [0.3, 0.4) is 0 Å². The molecule has 116 valence electrons. The van der Waals surface area contributed by atoms with Gasteiger partial charge in [0, 0.05) is 6.04 Å². The van der Waals surface area contributed by atoms with Gasteiger partial charge in [0.2, 0.25) is 0 Å². The average Bonchev–Trinajstić information content (AvgIpc) is 2.53. The fourth-order valence-electron chi connectivity index (χ4n) is 3.04. The summed E-state index contributed by atoms with van der Waals surface area (Å²) in [5.41, 5.74) is 1.41. The summed E-state index contributed by atoms with van der Waals surface area (Å²) in [5.74, 6) is 0.132. The van der Waals surface area contributed by atoms with Gasteiger partial charge in [-0.15, -0.1) is 0 Å². The van der Waals surface area contributed by atoms with E-state index in [-0.39, 0.29) is 11.9 Å². The molecule has 1 N–H and O–H groups in total. The standard InChI is InChI=1S/C18H27NO2/c1-2-21-18(20)16-10-12-17(13-11-16)19-14-6-9-15-7-4-3-5-8-15/h3-5,7-8,16-17,19H,2,6,9-14H2,1H3. The molecule has 0 unspecified atom stereocenters. The van der Waals surface area contributed by atoms with Gasteiger partial charge in [-0.3, -0.25) is 4.79 Å². The van der Waals surface area contributed by atoms with Gasteiger partial charge in [-0.05, 0) is 57.6 Å². The molecule has 1 fully saturated rings. The highest BCUT2D eigenvalue weighted by Crippen LogP contribution is 2.25. The second kappa shape index (κ2) is 8.83. The van der Waals surface area contributed by atoms with Crippen LogP contribution in [0.2, 0.25) is 0 Å². The maximum atomic E-state index is 11.7. The van der Waals surface area contributed by atoms with Gasteiger partial charge in [-0.1, -0.05) is 30.3 Å². The molecule has 0 aromatic heterocycles. The van der Waals surface area contributed by atoms with Gasteiger partial charge in [0.1, 0.15) is 0 Å². The van der Waals surface area contributed by atoms with Crippen molar-refractivity contribution < 1.29 is 9.53 Å². The number of nitrogens with one attached hydrogen (secondary N) is 1. The highest BCUT2D eigenvalue weighted by Gasteiger charge is 2.26. The molecule has 1 aliphatic carbocycles. The lowest BCUT2D eigenvalue weighted by Crippen LogP contribution is -2.36. The molecule has 0 atom stereocenters. The Bertz CT molecular complexity index is 410. The third kappa shape index (κ3) is 5.50. The minimum atomic E-state index is 0.0000256. The lowest BCUT2D eigenvalue weighted by Gasteiger charge is -2.28. The van der Waals surface area contributed by atoms with Crippen molar-refractivity contribution in [3.8, 4) is 0 Å². The SMILES string of the molecule is CCOC(=O)C1CCC(NCCCc2ccccc2)CC1. The molecule has 1 saturated carbocycles. The molecule has 0 heterocycles. The molecule has 1 aromatic rings. The van der Waals surface area contributed by atoms with Crippen LogP contribution in [0.1, 0.15) is 44.6 Å². The van der Waals surface area contributed by atoms with Crippen molar-refractivity contribution in [2.45, 2.75) is 51.5 Å². The van der Waals surface area contributed by atoms with E-state index >= 15 is 0 Å². The van der Waals surface area contributed by atoms with E-state index in [9.17, 15) is 4.79 Å². The molecular formula is C18H27NO2. The Kier molecular flexibility index (Phi) is 6.74. The molecule has 0 radical (unpaired) electrons. The predicted octanol–water partition coefficient (Wildman–Crippen LogP) is 3.33. The summed E-state index contributed by atoms with van der Waals surface area (Å²) in [4.78, 5) is 11.7. The normalized spacial score (nSPS) is 22.0. The van der Waals surface area contributed by atoms with Crippen molar-refractivity contribution in [3.05, 3.63) is 35.9 Å². The predicted molar refractivity (Wildman–Crippen MR) is 85.1 cm³/mol. The molecular weight excluding hydrogens is 262 g/mol. The van der Waals surface area contributed by atoms with Gasteiger partial charge in [0.15, 0.2) is 0 Å². The molecule has 21 heavy (non-hydrogen) atoms. The Labute approximate surface area is 128 Å². The molecule has 3 heteroatoms. The van der Waals surface area contributed by atoms with Crippen LogP contribution in [0.15, 0.2) is 30.3 Å². The number of rotatable bonds is 7. The van der Waals surface area contributed by atoms with E-state index in [1.165, 1.54) is 12.0 Å². The zero-order valence-corrected chi connectivity index (χ0v) is 13.0. The second-order valence-corrected chi connectivity index (χ2v) is 5.84.